The Labute approximate surface area is 122 Å². The normalized spacial score (nSPS) is 16.8. The first-order valence-electron chi connectivity index (χ1n) is 6.22. The zero-order valence-electron chi connectivity index (χ0n) is 10.7. The lowest BCUT2D eigenvalue weighted by atomic mass is 9.93. The zero-order chi connectivity index (χ0) is 14.0. The molecule has 1 N–H and O–H groups in total. The van der Waals surface area contributed by atoms with Crippen molar-refractivity contribution >= 4 is 33.0 Å². The second-order valence-corrected chi connectivity index (χ2v) is 8.28. The summed E-state index contributed by atoms with van der Waals surface area (Å²) in [4.78, 5) is 3.97. The monoisotopic (exact) mass is 324 g/mol. The van der Waals surface area contributed by atoms with Crippen LogP contribution in [0.2, 0.25) is 4.47 Å². The predicted molar refractivity (Wildman–Crippen MR) is 75.1 cm³/mol. The standard InChI is InChI=1S/C11H17ClN2O3S2/c1-8-10(18-11(12)13-8)19(16,17)14(6-3-7-15)9-4-2-5-9/h9,15H,2-7H2,1H3. The Bertz CT molecular complexity index is 540. The van der Waals surface area contributed by atoms with Gasteiger partial charge in [-0.25, -0.2) is 13.4 Å². The molecule has 1 aliphatic carbocycles. The van der Waals surface area contributed by atoms with E-state index in [9.17, 15) is 8.42 Å². The summed E-state index contributed by atoms with van der Waals surface area (Å²) in [5, 5.41) is 8.93. The van der Waals surface area contributed by atoms with Crippen LogP contribution in [-0.2, 0) is 10.0 Å². The lowest BCUT2D eigenvalue weighted by Gasteiger charge is -2.36. The van der Waals surface area contributed by atoms with E-state index < -0.39 is 10.0 Å². The van der Waals surface area contributed by atoms with Gasteiger partial charge in [0.15, 0.2) is 8.68 Å². The highest BCUT2D eigenvalue weighted by Gasteiger charge is 2.36. The molecule has 0 unspecified atom stereocenters. The van der Waals surface area contributed by atoms with Gasteiger partial charge in [-0.3, -0.25) is 0 Å². The first-order chi connectivity index (χ1) is 8.96. The molecule has 8 heteroatoms. The number of aliphatic hydroxyl groups excluding tert-OH is 1. The van der Waals surface area contributed by atoms with Gasteiger partial charge in [0.05, 0.1) is 5.69 Å². The van der Waals surface area contributed by atoms with Crippen LogP contribution < -0.4 is 0 Å². The largest absolute Gasteiger partial charge is 0.396 e. The van der Waals surface area contributed by atoms with Crippen molar-refractivity contribution in [3.63, 3.8) is 0 Å². The molecular weight excluding hydrogens is 308 g/mol. The summed E-state index contributed by atoms with van der Waals surface area (Å²) in [6.07, 6.45) is 3.27. The molecule has 1 heterocycles. The van der Waals surface area contributed by atoms with E-state index in [2.05, 4.69) is 4.98 Å². The van der Waals surface area contributed by atoms with Gasteiger partial charge in [0.1, 0.15) is 0 Å². The average Bonchev–Trinajstić information content (AvgIpc) is 2.61. The first kappa shape index (κ1) is 15.2. The van der Waals surface area contributed by atoms with Gasteiger partial charge in [0, 0.05) is 19.2 Å². The molecule has 1 saturated carbocycles. The molecule has 1 aliphatic rings. The fourth-order valence-electron chi connectivity index (χ4n) is 2.10. The van der Waals surface area contributed by atoms with Crippen LogP contribution in [0.25, 0.3) is 0 Å². The minimum atomic E-state index is -3.55. The van der Waals surface area contributed by atoms with Crippen LogP contribution in [0.1, 0.15) is 31.4 Å². The van der Waals surface area contributed by atoms with E-state index in [1.54, 1.807) is 6.92 Å². The quantitative estimate of drug-likeness (QED) is 0.869. The number of hydrogen-bond donors (Lipinski definition) is 1. The van der Waals surface area contributed by atoms with Crippen molar-refractivity contribution in [2.45, 2.75) is 42.9 Å². The van der Waals surface area contributed by atoms with E-state index in [4.69, 9.17) is 16.7 Å². The number of nitrogens with zero attached hydrogens (tertiary/aromatic N) is 2. The summed E-state index contributed by atoms with van der Waals surface area (Å²) in [5.41, 5.74) is 0.448. The summed E-state index contributed by atoms with van der Waals surface area (Å²) >= 11 is 6.79. The third kappa shape index (κ3) is 3.11. The fourth-order valence-corrected chi connectivity index (χ4v) is 5.67. The molecular formula is C11H17ClN2O3S2. The minimum absolute atomic E-state index is 0.0127. The molecule has 0 aliphatic heterocycles. The molecule has 1 aromatic rings. The van der Waals surface area contributed by atoms with E-state index in [1.807, 2.05) is 0 Å². The number of hydrogen-bond acceptors (Lipinski definition) is 5. The number of aromatic nitrogens is 1. The molecule has 0 saturated heterocycles. The van der Waals surface area contributed by atoms with Crippen LogP contribution in [0.3, 0.4) is 0 Å². The van der Waals surface area contributed by atoms with Gasteiger partial charge in [0.2, 0.25) is 0 Å². The topological polar surface area (TPSA) is 70.5 Å². The Balaban J connectivity index is 2.30. The molecule has 1 aromatic heterocycles. The fraction of sp³-hybridized carbons (Fsp3) is 0.727. The van der Waals surface area contributed by atoms with Gasteiger partial charge in [-0.2, -0.15) is 4.31 Å². The van der Waals surface area contributed by atoms with Crippen LogP contribution in [0, 0.1) is 6.92 Å². The van der Waals surface area contributed by atoms with Gasteiger partial charge in [-0.1, -0.05) is 29.4 Å². The Kier molecular flexibility index (Phi) is 4.84. The van der Waals surface area contributed by atoms with E-state index >= 15 is 0 Å². The van der Waals surface area contributed by atoms with E-state index in [-0.39, 0.29) is 21.3 Å². The Hall–Kier alpha value is -0.210. The molecule has 19 heavy (non-hydrogen) atoms. The van der Waals surface area contributed by atoms with Crippen molar-refractivity contribution in [2.75, 3.05) is 13.2 Å². The third-order valence-electron chi connectivity index (χ3n) is 3.29. The summed E-state index contributed by atoms with van der Waals surface area (Å²) in [5.74, 6) is 0. The lowest BCUT2D eigenvalue weighted by Crippen LogP contribution is -2.44. The summed E-state index contributed by atoms with van der Waals surface area (Å²) in [7, 11) is -3.55. The van der Waals surface area contributed by atoms with E-state index in [0.29, 0.717) is 18.7 Å². The maximum atomic E-state index is 12.7. The highest BCUT2D eigenvalue weighted by Crippen LogP contribution is 2.34. The average molecular weight is 325 g/mol. The highest BCUT2D eigenvalue weighted by molar-refractivity contribution is 7.91. The number of sulfonamides is 1. The maximum Gasteiger partial charge on any atom is 0.254 e. The van der Waals surface area contributed by atoms with Crippen molar-refractivity contribution in [3.05, 3.63) is 10.2 Å². The second kappa shape index (κ2) is 6.05. The summed E-state index contributed by atoms with van der Waals surface area (Å²) in [6, 6.07) is 0.0526. The van der Waals surface area contributed by atoms with Gasteiger partial charge in [-0.15, -0.1) is 0 Å². The predicted octanol–water partition coefficient (Wildman–Crippen LogP) is 2.03. The molecule has 0 atom stereocenters. The molecule has 0 amide bonds. The minimum Gasteiger partial charge on any atom is -0.396 e. The molecule has 5 nitrogen and oxygen atoms in total. The molecule has 0 spiro atoms. The van der Waals surface area contributed by atoms with Crippen molar-refractivity contribution in [1.29, 1.82) is 0 Å². The number of rotatable bonds is 6. The lowest BCUT2D eigenvalue weighted by molar-refractivity contribution is 0.198. The summed E-state index contributed by atoms with van der Waals surface area (Å²) < 4.78 is 27.3. The van der Waals surface area contributed by atoms with E-state index in [1.165, 1.54) is 4.31 Å². The van der Waals surface area contributed by atoms with Crippen molar-refractivity contribution in [2.24, 2.45) is 0 Å². The third-order valence-corrected chi connectivity index (χ3v) is 7.09. The van der Waals surface area contributed by atoms with Gasteiger partial charge >= 0.3 is 0 Å². The number of aryl methyl sites for hydroxylation is 1. The SMILES string of the molecule is Cc1nc(Cl)sc1S(=O)(=O)N(CCCO)C1CCC1. The van der Waals surface area contributed by atoms with Gasteiger partial charge in [-0.05, 0) is 26.2 Å². The molecule has 2 rings (SSSR count). The molecule has 108 valence electrons. The zero-order valence-corrected chi connectivity index (χ0v) is 13.1. The molecule has 0 aromatic carbocycles. The maximum absolute atomic E-state index is 12.7. The van der Waals surface area contributed by atoms with Crippen LogP contribution in [0.4, 0.5) is 0 Å². The second-order valence-electron chi connectivity index (χ2n) is 4.62. The first-order valence-corrected chi connectivity index (χ1v) is 8.86. The van der Waals surface area contributed by atoms with Gasteiger partial charge < -0.3 is 5.11 Å². The number of halogens is 1. The number of aliphatic hydroxyl groups is 1. The molecule has 0 radical (unpaired) electrons. The van der Waals surface area contributed by atoms with E-state index in [0.717, 1.165) is 30.6 Å². The smallest absolute Gasteiger partial charge is 0.254 e. The van der Waals surface area contributed by atoms with Gasteiger partial charge in [0.25, 0.3) is 10.0 Å². The summed E-state index contributed by atoms with van der Waals surface area (Å²) in [6.45, 7) is 1.99. The van der Waals surface area contributed by atoms with Crippen LogP contribution >= 0.6 is 22.9 Å². The van der Waals surface area contributed by atoms with Crippen LogP contribution in [-0.4, -0.2) is 42.0 Å². The van der Waals surface area contributed by atoms with Crippen molar-refractivity contribution in [1.82, 2.24) is 9.29 Å². The van der Waals surface area contributed by atoms with Crippen LogP contribution in [0.15, 0.2) is 4.21 Å². The number of thiazole rings is 1. The van der Waals surface area contributed by atoms with Crippen molar-refractivity contribution < 1.29 is 13.5 Å². The van der Waals surface area contributed by atoms with Crippen LogP contribution in [0.5, 0.6) is 0 Å². The van der Waals surface area contributed by atoms with Crippen molar-refractivity contribution in [3.8, 4) is 0 Å². The molecule has 1 fully saturated rings. The Morgan fingerprint density at radius 3 is 2.63 bits per heavy atom. The highest BCUT2D eigenvalue weighted by atomic mass is 35.5. The molecule has 0 bridgehead atoms. The Morgan fingerprint density at radius 1 is 1.53 bits per heavy atom. The Morgan fingerprint density at radius 2 is 2.21 bits per heavy atom.